The van der Waals surface area contributed by atoms with E-state index in [0.29, 0.717) is 5.88 Å². The van der Waals surface area contributed by atoms with Crippen molar-refractivity contribution >= 4 is 17.7 Å². The third-order valence-electron chi connectivity index (χ3n) is 1.74. The Morgan fingerprint density at radius 2 is 2.31 bits per heavy atom. The zero-order valence-electron chi connectivity index (χ0n) is 7.76. The lowest BCUT2D eigenvalue weighted by atomic mass is 10.1. The summed E-state index contributed by atoms with van der Waals surface area (Å²) in [6.07, 6.45) is 4.18. The second-order valence-corrected chi connectivity index (χ2v) is 3.11. The zero-order valence-corrected chi connectivity index (χ0v) is 8.51. The monoisotopic (exact) mass is 195 g/mol. The minimum Gasteiger partial charge on any atom is -0.316 e. The molecule has 0 saturated carbocycles. The SMILES string of the molecule is CNCC=Cc1cccc(CCl)c1. The number of benzene rings is 1. The van der Waals surface area contributed by atoms with Crippen molar-refractivity contribution in [2.24, 2.45) is 0 Å². The van der Waals surface area contributed by atoms with Gasteiger partial charge in [-0.3, -0.25) is 0 Å². The molecule has 0 fully saturated rings. The number of alkyl halides is 1. The predicted octanol–water partition coefficient (Wildman–Crippen LogP) is 2.66. The van der Waals surface area contributed by atoms with Gasteiger partial charge in [-0.15, -0.1) is 11.6 Å². The average molecular weight is 196 g/mol. The fourth-order valence-electron chi connectivity index (χ4n) is 1.09. The van der Waals surface area contributed by atoms with E-state index in [9.17, 15) is 0 Å². The maximum Gasteiger partial charge on any atom is 0.0474 e. The fraction of sp³-hybridized carbons (Fsp3) is 0.273. The number of hydrogen-bond acceptors (Lipinski definition) is 1. The molecule has 2 heteroatoms. The van der Waals surface area contributed by atoms with Crippen molar-refractivity contribution in [2.45, 2.75) is 5.88 Å². The van der Waals surface area contributed by atoms with Gasteiger partial charge < -0.3 is 5.32 Å². The maximum absolute atomic E-state index is 5.72. The van der Waals surface area contributed by atoms with Crippen LogP contribution < -0.4 is 5.32 Å². The molecular formula is C11H14ClN. The minimum absolute atomic E-state index is 0.577. The summed E-state index contributed by atoms with van der Waals surface area (Å²) in [7, 11) is 1.93. The summed E-state index contributed by atoms with van der Waals surface area (Å²) in [5.41, 5.74) is 2.36. The van der Waals surface area contributed by atoms with E-state index in [4.69, 9.17) is 11.6 Å². The van der Waals surface area contributed by atoms with E-state index in [-0.39, 0.29) is 0 Å². The van der Waals surface area contributed by atoms with Gasteiger partial charge >= 0.3 is 0 Å². The van der Waals surface area contributed by atoms with Crippen LogP contribution in [-0.2, 0) is 5.88 Å². The van der Waals surface area contributed by atoms with Crippen LogP contribution in [0.3, 0.4) is 0 Å². The highest BCUT2D eigenvalue weighted by Crippen LogP contribution is 2.08. The lowest BCUT2D eigenvalue weighted by Gasteiger charge is -1.97. The van der Waals surface area contributed by atoms with E-state index in [1.165, 1.54) is 5.56 Å². The molecule has 0 spiro atoms. The molecule has 1 nitrogen and oxygen atoms in total. The molecule has 0 unspecified atom stereocenters. The second-order valence-electron chi connectivity index (χ2n) is 2.84. The molecule has 0 aliphatic heterocycles. The van der Waals surface area contributed by atoms with Crippen molar-refractivity contribution < 1.29 is 0 Å². The van der Waals surface area contributed by atoms with Gasteiger partial charge in [0, 0.05) is 12.4 Å². The molecule has 0 amide bonds. The Hall–Kier alpha value is -0.790. The molecule has 0 heterocycles. The normalized spacial score (nSPS) is 10.9. The van der Waals surface area contributed by atoms with Crippen LogP contribution in [0, 0.1) is 0 Å². The van der Waals surface area contributed by atoms with Crippen LogP contribution in [0.25, 0.3) is 6.08 Å². The first-order valence-corrected chi connectivity index (χ1v) is 4.86. The topological polar surface area (TPSA) is 12.0 Å². The summed E-state index contributed by atoms with van der Waals surface area (Å²) in [6.45, 7) is 0.894. The molecule has 70 valence electrons. The first-order chi connectivity index (χ1) is 6.36. The highest BCUT2D eigenvalue weighted by atomic mass is 35.5. The molecule has 0 atom stereocenters. The first kappa shape index (κ1) is 10.3. The highest BCUT2D eigenvalue weighted by molar-refractivity contribution is 6.17. The van der Waals surface area contributed by atoms with E-state index in [1.54, 1.807) is 0 Å². The molecule has 0 aliphatic rings. The Morgan fingerprint density at radius 3 is 3.00 bits per heavy atom. The second kappa shape index (κ2) is 5.79. The number of nitrogens with one attached hydrogen (secondary N) is 1. The van der Waals surface area contributed by atoms with Crippen LogP contribution in [0.1, 0.15) is 11.1 Å². The van der Waals surface area contributed by atoms with Crippen molar-refractivity contribution in [3.8, 4) is 0 Å². The van der Waals surface area contributed by atoms with Crippen LogP contribution in [-0.4, -0.2) is 13.6 Å². The van der Waals surface area contributed by atoms with Gasteiger partial charge in [-0.25, -0.2) is 0 Å². The smallest absolute Gasteiger partial charge is 0.0474 e. The molecule has 0 bridgehead atoms. The lowest BCUT2D eigenvalue weighted by Crippen LogP contribution is -2.03. The van der Waals surface area contributed by atoms with Crippen molar-refractivity contribution in [2.75, 3.05) is 13.6 Å². The standard InChI is InChI=1S/C11H14ClN/c1-13-7-3-6-10-4-2-5-11(8-10)9-12/h2-6,8,13H,7,9H2,1H3. The Balaban J connectivity index is 2.66. The summed E-state index contributed by atoms with van der Waals surface area (Å²) in [4.78, 5) is 0. The van der Waals surface area contributed by atoms with Gasteiger partial charge in [-0.05, 0) is 18.2 Å². The third-order valence-corrected chi connectivity index (χ3v) is 2.05. The molecule has 0 radical (unpaired) electrons. The third kappa shape index (κ3) is 3.62. The van der Waals surface area contributed by atoms with E-state index >= 15 is 0 Å². The molecule has 0 saturated heterocycles. The van der Waals surface area contributed by atoms with Gasteiger partial charge in [-0.2, -0.15) is 0 Å². The van der Waals surface area contributed by atoms with Gasteiger partial charge in [0.15, 0.2) is 0 Å². The van der Waals surface area contributed by atoms with Crippen molar-refractivity contribution in [1.82, 2.24) is 5.32 Å². The van der Waals surface area contributed by atoms with Crippen molar-refractivity contribution in [3.05, 3.63) is 41.5 Å². The van der Waals surface area contributed by atoms with Gasteiger partial charge in [0.25, 0.3) is 0 Å². The Bertz CT molecular complexity index is 281. The first-order valence-electron chi connectivity index (χ1n) is 4.33. The Kier molecular flexibility index (Phi) is 4.58. The van der Waals surface area contributed by atoms with E-state index in [0.717, 1.165) is 12.1 Å². The van der Waals surface area contributed by atoms with Gasteiger partial charge in [0.05, 0.1) is 0 Å². The molecule has 1 aromatic carbocycles. The fourth-order valence-corrected chi connectivity index (χ4v) is 1.26. The molecule has 13 heavy (non-hydrogen) atoms. The number of hydrogen-bond donors (Lipinski definition) is 1. The van der Waals surface area contributed by atoms with Gasteiger partial charge in [0.1, 0.15) is 0 Å². The van der Waals surface area contributed by atoms with E-state index < -0.39 is 0 Å². The predicted molar refractivity (Wildman–Crippen MR) is 59.0 cm³/mol. The summed E-state index contributed by atoms with van der Waals surface area (Å²) >= 11 is 5.72. The molecule has 0 aromatic heterocycles. The van der Waals surface area contributed by atoms with Crippen LogP contribution in [0.2, 0.25) is 0 Å². The highest BCUT2D eigenvalue weighted by Gasteiger charge is 1.90. The molecule has 1 N–H and O–H groups in total. The van der Waals surface area contributed by atoms with Crippen LogP contribution in [0.4, 0.5) is 0 Å². The maximum atomic E-state index is 5.72. The minimum atomic E-state index is 0.577. The molecule has 1 aromatic rings. The van der Waals surface area contributed by atoms with Crippen LogP contribution in [0.5, 0.6) is 0 Å². The van der Waals surface area contributed by atoms with Gasteiger partial charge in [-0.1, -0.05) is 36.4 Å². The van der Waals surface area contributed by atoms with E-state index in [1.807, 2.05) is 19.2 Å². The Labute approximate surface area is 84.4 Å². The molecule has 1 rings (SSSR count). The van der Waals surface area contributed by atoms with Crippen LogP contribution in [0.15, 0.2) is 30.3 Å². The summed E-state index contributed by atoms with van der Waals surface area (Å²) in [5.74, 6) is 0.577. The average Bonchev–Trinajstić information content (AvgIpc) is 2.19. The summed E-state index contributed by atoms with van der Waals surface area (Å²) in [5, 5.41) is 3.05. The quantitative estimate of drug-likeness (QED) is 0.729. The molecular weight excluding hydrogens is 182 g/mol. The van der Waals surface area contributed by atoms with Gasteiger partial charge in [0.2, 0.25) is 0 Å². The lowest BCUT2D eigenvalue weighted by molar-refractivity contribution is 0.922. The largest absolute Gasteiger partial charge is 0.316 e. The zero-order chi connectivity index (χ0) is 9.52. The van der Waals surface area contributed by atoms with E-state index in [2.05, 4.69) is 29.6 Å². The number of likely N-dealkylation sites (N-methyl/N-ethyl adjacent to an activating group) is 1. The summed E-state index contributed by atoms with van der Waals surface area (Å²) < 4.78 is 0. The summed E-state index contributed by atoms with van der Waals surface area (Å²) in [6, 6.07) is 8.22. The Morgan fingerprint density at radius 1 is 1.46 bits per heavy atom. The number of halogens is 1. The van der Waals surface area contributed by atoms with Crippen molar-refractivity contribution in [3.63, 3.8) is 0 Å². The number of rotatable bonds is 4. The van der Waals surface area contributed by atoms with Crippen LogP contribution >= 0.6 is 11.6 Å². The molecule has 0 aliphatic carbocycles. The van der Waals surface area contributed by atoms with Crippen molar-refractivity contribution in [1.29, 1.82) is 0 Å².